The number of halogens is 4. The van der Waals surface area contributed by atoms with E-state index in [0.717, 1.165) is 36.2 Å². The molecule has 0 bridgehead atoms. The van der Waals surface area contributed by atoms with E-state index in [0.29, 0.717) is 19.0 Å². The van der Waals surface area contributed by atoms with Crippen LogP contribution in [-0.2, 0) is 19.3 Å². The second kappa shape index (κ2) is 10.4. The zero-order valence-electron chi connectivity index (χ0n) is 14.7. The monoisotopic (exact) mass is 481 g/mol. The Morgan fingerprint density at radius 1 is 1.19 bits per heavy atom. The topological polar surface area (TPSA) is 54.2 Å². The predicted molar refractivity (Wildman–Crippen MR) is 107 cm³/mol. The predicted octanol–water partition coefficient (Wildman–Crippen LogP) is 3.58. The van der Waals surface area contributed by atoms with Crippen molar-refractivity contribution in [2.24, 2.45) is 4.99 Å². The van der Waals surface area contributed by atoms with Gasteiger partial charge in [0, 0.05) is 32.9 Å². The van der Waals surface area contributed by atoms with Gasteiger partial charge in [-0.3, -0.25) is 9.67 Å². The van der Waals surface area contributed by atoms with Crippen LogP contribution in [0.4, 0.5) is 13.2 Å². The summed E-state index contributed by atoms with van der Waals surface area (Å²) in [4.78, 5) is 4.10. The van der Waals surface area contributed by atoms with Crippen molar-refractivity contribution in [1.82, 2.24) is 20.4 Å². The highest BCUT2D eigenvalue weighted by molar-refractivity contribution is 14.0. The highest BCUT2D eigenvalue weighted by Gasteiger charge is 2.29. The van der Waals surface area contributed by atoms with Crippen LogP contribution in [-0.4, -0.2) is 29.3 Å². The smallest absolute Gasteiger partial charge is 0.356 e. The number of nitrogens with zero attached hydrogens (tertiary/aromatic N) is 3. The van der Waals surface area contributed by atoms with Crippen molar-refractivity contribution >= 4 is 29.9 Å². The third kappa shape index (κ3) is 7.22. The van der Waals surface area contributed by atoms with Gasteiger partial charge in [0.2, 0.25) is 0 Å². The molecule has 0 saturated heterocycles. The van der Waals surface area contributed by atoms with Crippen LogP contribution in [0.5, 0.6) is 0 Å². The molecule has 0 aliphatic carbocycles. The lowest BCUT2D eigenvalue weighted by atomic mass is 10.1. The minimum Gasteiger partial charge on any atom is -0.356 e. The minimum absolute atomic E-state index is 0. The van der Waals surface area contributed by atoms with Crippen LogP contribution < -0.4 is 10.6 Å². The number of nitrogens with one attached hydrogen (secondary N) is 2. The van der Waals surface area contributed by atoms with Gasteiger partial charge in [0.25, 0.3) is 0 Å². The molecule has 1 aromatic carbocycles. The lowest BCUT2D eigenvalue weighted by Crippen LogP contribution is -2.37. The van der Waals surface area contributed by atoms with Crippen molar-refractivity contribution in [1.29, 1.82) is 0 Å². The molecule has 9 heteroatoms. The van der Waals surface area contributed by atoms with Crippen LogP contribution in [0.3, 0.4) is 0 Å². The zero-order valence-corrected chi connectivity index (χ0v) is 17.0. The lowest BCUT2D eigenvalue weighted by Gasteiger charge is -2.12. The van der Waals surface area contributed by atoms with E-state index in [1.165, 1.54) is 12.1 Å². The first-order chi connectivity index (χ1) is 11.9. The van der Waals surface area contributed by atoms with Crippen LogP contribution in [0.15, 0.2) is 41.7 Å². The number of hydrogen-bond acceptors (Lipinski definition) is 2. The van der Waals surface area contributed by atoms with Gasteiger partial charge < -0.3 is 10.6 Å². The van der Waals surface area contributed by atoms with E-state index in [2.05, 4.69) is 20.7 Å². The van der Waals surface area contributed by atoms with Gasteiger partial charge in [-0.2, -0.15) is 18.3 Å². The number of aromatic nitrogens is 2. The average molecular weight is 481 g/mol. The van der Waals surface area contributed by atoms with Gasteiger partial charge in [0.1, 0.15) is 0 Å². The summed E-state index contributed by atoms with van der Waals surface area (Å²) in [5.41, 5.74) is 1.23. The SMILES string of the molecule is CN=C(NCCCn1cc(C)cn1)NCc1ccc(C(F)(F)F)cc1.I. The molecular weight excluding hydrogens is 458 g/mol. The maximum atomic E-state index is 12.5. The molecule has 0 radical (unpaired) electrons. The third-order valence-electron chi connectivity index (χ3n) is 3.58. The molecule has 144 valence electrons. The first-order valence-corrected chi connectivity index (χ1v) is 7.98. The van der Waals surface area contributed by atoms with Crippen molar-refractivity contribution < 1.29 is 13.2 Å². The quantitative estimate of drug-likeness (QED) is 0.287. The largest absolute Gasteiger partial charge is 0.416 e. The molecule has 0 aliphatic rings. The maximum Gasteiger partial charge on any atom is 0.416 e. The molecule has 2 N–H and O–H groups in total. The molecule has 1 heterocycles. The molecule has 1 aromatic heterocycles. The Morgan fingerprint density at radius 2 is 1.88 bits per heavy atom. The number of aryl methyl sites for hydroxylation is 2. The van der Waals surface area contributed by atoms with Gasteiger partial charge in [0.05, 0.1) is 11.8 Å². The summed E-state index contributed by atoms with van der Waals surface area (Å²) in [5.74, 6) is 0.608. The third-order valence-corrected chi connectivity index (χ3v) is 3.58. The Kier molecular flexibility index (Phi) is 8.89. The molecule has 0 aliphatic heterocycles. The van der Waals surface area contributed by atoms with Crippen LogP contribution in [0, 0.1) is 6.92 Å². The molecule has 2 rings (SSSR count). The maximum absolute atomic E-state index is 12.5. The fourth-order valence-electron chi connectivity index (χ4n) is 2.26. The first kappa shape index (κ1) is 22.3. The normalized spacial score (nSPS) is 11.8. The first-order valence-electron chi connectivity index (χ1n) is 7.98. The number of hydrogen-bond donors (Lipinski definition) is 2. The summed E-state index contributed by atoms with van der Waals surface area (Å²) >= 11 is 0. The summed E-state index contributed by atoms with van der Waals surface area (Å²) in [6, 6.07) is 5.09. The molecule has 0 spiro atoms. The van der Waals surface area contributed by atoms with Crippen molar-refractivity contribution in [2.45, 2.75) is 32.6 Å². The lowest BCUT2D eigenvalue weighted by molar-refractivity contribution is -0.137. The molecule has 0 saturated carbocycles. The Hall–Kier alpha value is -1.78. The second-order valence-electron chi connectivity index (χ2n) is 5.68. The van der Waals surface area contributed by atoms with Crippen LogP contribution in [0.2, 0.25) is 0 Å². The van der Waals surface area contributed by atoms with E-state index >= 15 is 0 Å². The fraction of sp³-hybridized carbons (Fsp3) is 0.412. The van der Waals surface area contributed by atoms with Crippen molar-refractivity contribution in [3.63, 3.8) is 0 Å². The van der Waals surface area contributed by atoms with Gasteiger partial charge in [-0.1, -0.05) is 12.1 Å². The Morgan fingerprint density at radius 3 is 2.42 bits per heavy atom. The minimum atomic E-state index is -4.31. The summed E-state index contributed by atoms with van der Waals surface area (Å²) in [5, 5.41) is 10.5. The molecule has 0 amide bonds. The number of benzene rings is 1. The van der Waals surface area contributed by atoms with Gasteiger partial charge in [0.15, 0.2) is 5.96 Å². The Labute approximate surface area is 168 Å². The summed E-state index contributed by atoms with van der Waals surface area (Å²) in [7, 11) is 1.65. The van der Waals surface area contributed by atoms with E-state index in [9.17, 15) is 13.2 Å². The van der Waals surface area contributed by atoms with E-state index in [-0.39, 0.29) is 24.0 Å². The Bertz CT molecular complexity index is 695. The van der Waals surface area contributed by atoms with Crippen LogP contribution in [0.25, 0.3) is 0 Å². The summed E-state index contributed by atoms with van der Waals surface area (Å²) in [6.45, 7) is 3.91. The number of aliphatic imine (C=N–C) groups is 1. The zero-order chi connectivity index (χ0) is 18.3. The van der Waals surface area contributed by atoms with Crippen molar-refractivity contribution in [3.8, 4) is 0 Å². The molecule has 5 nitrogen and oxygen atoms in total. The number of guanidine groups is 1. The number of rotatable bonds is 6. The molecule has 2 aromatic rings. The highest BCUT2D eigenvalue weighted by atomic mass is 127. The van der Waals surface area contributed by atoms with E-state index < -0.39 is 11.7 Å². The van der Waals surface area contributed by atoms with E-state index in [1.54, 1.807) is 7.05 Å². The summed E-state index contributed by atoms with van der Waals surface area (Å²) in [6.07, 6.45) is 0.369. The van der Waals surface area contributed by atoms with Gasteiger partial charge in [-0.25, -0.2) is 0 Å². The van der Waals surface area contributed by atoms with E-state index in [4.69, 9.17) is 0 Å². The van der Waals surface area contributed by atoms with Gasteiger partial charge >= 0.3 is 6.18 Å². The van der Waals surface area contributed by atoms with Gasteiger partial charge in [-0.15, -0.1) is 24.0 Å². The van der Waals surface area contributed by atoms with Crippen LogP contribution in [0.1, 0.15) is 23.1 Å². The fourth-order valence-corrected chi connectivity index (χ4v) is 2.26. The van der Waals surface area contributed by atoms with Crippen molar-refractivity contribution in [3.05, 3.63) is 53.3 Å². The highest BCUT2D eigenvalue weighted by Crippen LogP contribution is 2.28. The standard InChI is InChI=1S/C17H22F3N5.HI/c1-13-10-24-25(12-13)9-3-8-22-16(21-2)23-11-14-4-6-15(7-5-14)17(18,19)20;/h4-7,10,12H,3,8-9,11H2,1-2H3,(H2,21,22,23);1H. The van der Waals surface area contributed by atoms with Crippen molar-refractivity contribution in [2.75, 3.05) is 13.6 Å². The van der Waals surface area contributed by atoms with Gasteiger partial charge in [-0.05, 0) is 36.6 Å². The number of alkyl halides is 3. The molecule has 26 heavy (non-hydrogen) atoms. The summed E-state index contributed by atoms with van der Waals surface area (Å²) < 4.78 is 39.5. The second-order valence-corrected chi connectivity index (χ2v) is 5.68. The molecule has 0 fully saturated rings. The van der Waals surface area contributed by atoms with Crippen LogP contribution >= 0.6 is 24.0 Å². The molecule has 0 unspecified atom stereocenters. The Balaban J connectivity index is 0.00000338. The molecular formula is C17H23F3IN5. The molecule has 0 atom stereocenters. The van der Waals surface area contributed by atoms with E-state index in [1.807, 2.05) is 24.0 Å². The average Bonchev–Trinajstić information content (AvgIpc) is 2.99.